The number of nitrogens with one attached hydrogen (secondary N) is 1. The molecule has 0 spiro atoms. The molecule has 1 aromatic carbocycles. The van der Waals surface area contributed by atoms with Crippen LogP contribution < -0.4 is 10.2 Å². The van der Waals surface area contributed by atoms with Crippen molar-refractivity contribution in [3.8, 4) is 0 Å². The van der Waals surface area contributed by atoms with Crippen LogP contribution in [0.1, 0.15) is 12.5 Å². The molecule has 4 heteroatoms. The van der Waals surface area contributed by atoms with Crippen LogP contribution in [0.15, 0.2) is 22.7 Å². The Morgan fingerprint density at radius 3 is 2.76 bits per heavy atom. The first-order valence-corrected chi connectivity index (χ1v) is 6.67. The van der Waals surface area contributed by atoms with Gasteiger partial charge >= 0.3 is 0 Å². The third-order valence-corrected chi connectivity index (χ3v) is 3.34. The van der Waals surface area contributed by atoms with Gasteiger partial charge in [-0.2, -0.15) is 0 Å². The summed E-state index contributed by atoms with van der Waals surface area (Å²) >= 11 is 3.62. The van der Waals surface area contributed by atoms with Crippen molar-refractivity contribution in [1.82, 2.24) is 5.32 Å². The fourth-order valence-corrected chi connectivity index (χ4v) is 2.28. The maximum atomic E-state index is 4.99. The fraction of sp³-hybridized carbons (Fsp3) is 0.538. The van der Waals surface area contributed by atoms with Gasteiger partial charge in [0.25, 0.3) is 0 Å². The summed E-state index contributed by atoms with van der Waals surface area (Å²) in [5, 5.41) is 3.33. The SMILES string of the molecule is CCN(C)c1ccc(CNCCOC)cc1Br. The van der Waals surface area contributed by atoms with E-state index >= 15 is 0 Å². The molecule has 1 rings (SSSR count). The number of ether oxygens (including phenoxy) is 1. The summed E-state index contributed by atoms with van der Waals surface area (Å²) in [6.07, 6.45) is 0. The standard InChI is InChI=1S/C13H21BrN2O/c1-4-16(2)13-6-5-11(9-12(13)14)10-15-7-8-17-3/h5-6,9,15H,4,7-8,10H2,1-3H3. The van der Waals surface area contributed by atoms with Gasteiger partial charge in [-0.25, -0.2) is 0 Å². The molecule has 0 bridgehead atoms. The largest absolute Gasteiger partial charge is 0.383 e. The van der Waals surface area contributed by atoms with Gasteiger partial charge in [-0.15, -0.1) is 0 Å². The zero-order chi connectivity index (χ0) is 12.7. The van der Waals surface area contributed by atoms with E-state index < -0.39 is 0 Å². The molecule has 3 nitrogen and oxygen atoms in total. The van der Waals surface area contributed by atoms with Crippen molar-refractivity contribution in [3.63, 3.8) is 0 Å². The van der Waals surface area contributed by atoms with Crippen molar-refractivity contribution in [2.45, 2.75) is 13.5 Å². The van der Waals surface area contributed by atoms with Gasteiger partial charge in [0.2, 0.25) is 0 Å². The maximum absolute atomic E-state index is 4.99. The van der Waals surface area contributed by atoms with Crippen LogP contribution in [0.4, 0.5) is 5.69 Å². The number of anilines is 1. The highest BCUT2D eigenvalue weighted by Gasteiger charge is 2.04. The van der Waals surface area contributed by atoms with Gasteiger partial charge in [0.05, 0.1) is 12.3 Å². The fourth-order valence-electron chi connectivity index (χ4n) is 1.55. The molecule has 0 saturated heterocycles. The van der Waals surface area contributed by atoms with Crippen LogP contribution in [-0.2, 0) is 11.3 Å². The Balaban J connectivity index is 2.56. The summed E-state index contributed by atoms with van der Waals surface area (Å²) < 4.78 is 6.14. The van der Waals surface area contributed by atoms with Crippen molar-refractivity contribution in [3.05, 3.63) is 28.2 Å². The van der Waals surface area contributed by atoms with Crippen LogP contribution in [0.3, 0.4) is 0 Å². The molecule has 17 heavy (non-hydrogen) atoms. The monoisotopic (exact) mass is 300 g/mol. The van der Waals surface area contributed by atoms with E-state index in [1.807, 2.05) is 0 Å². The highest BCUT2D eigenvalue weighted by Crippen LogP contribution is 2.26. The van der Waals surface area contributed by atoms with Gasteiger partial charge in [0.1, 0.15) is 0 Å². The summed E-state index contributed by atoms with van der Waals surface area (Å²) in [5.74, 6) is 0. The van der Waals surface area contributed by atoms with E-state index in [9.17, 15) is 0 Å². The highest BCUT2D eigenvalue weighted by atomic mass is 79.9. The number of methoxy groups -OCH3 is 1. The minimum atomic E-state index is 0.748. The first kappa shape index (κ1) is 14.5. The molecule has 1 N–H and O–H groups in total. The van der Waals surface area contributed by atoms with Crippen LogP contribution in [0.5, 0.6) is 0 Å². The zero-order valence-corrected chi connectivity index (χ0v) is 12.4. The van der Waals surface area contributed by atoms with Crippen LogP contribution in [0.25, 0.3) is 0 Å². The lowest BCUT2D eigenvalue weighted by molar-refractivity contribution is 0.199. The van der Waals surface area contributed by atoms with Crippen LogP contribution in [-0.4, -0.2) is 33.9 Å². The molecule has 0 unspecified atom stereocenters. The molecule has 0 aliphatic carbocycles. The van der Waals surface area contributed by atoms with Crippen LogP contribution in [0, 0.1) is 0 Å². The van der Waals surface area contributed by atoms with Crippen LogP contribution >= 0.6 is 15.9 Å². The van der Waals surface area contributed by atoms with E-state index in [0.717, 1.165) is 30.7 Å². The quantitative estimate of drug-likeness (QED) is 0.784. The van der Waals surface area contributed by atoms with E-state index in [2.05, 4.69) is 58.3 Å². The van der Waals surface area contributed by atoms with E-state index in [-0.39, 0.29) is 0 Å². The number of rotatable bonds is 7. The Labute approximate surface area is 112 Å². The lowest BCUT2D eigenvalue weighted by Crippen LogP contribution is -2.19. The number of benzene rings is 1. The minimum Gasteiger partial charge on any atom is -0.383 e. The number of hydrogen-bond acceptors (Lipinski definition) is 3. The molecular formula is C13H21BrN2O. The normalized spacial score (nSPS) is 10.6. The van der Waals surface area contributed by atoms with E-state index in [1.54, 1.807) is 7.11 Å². The Kier molecular flexibility index (Phi) is 6.55. The predicted molar refractivity (Wildman–Crippen MR) is 76.7 cm³/mol. The van der Waals surface area contributed by atoms with E-state index in [0.29, 0.717) is 0 Å². The van der Waals surface area contributed by atoms with Gasteiger partial charge in [0.15, 0.2) is 0 Å². The van der Waals surface area contributed by atoms with Crippen LogP contribution in [0.2, 0.25) is 0 Å². The summed E-state index contributed by atoms with van der Waals surface area (Å²) in [5.41, 5.74) is 2.51. The Bertz CT molecular complexity index is 344. The highest BCUT2D eigenvalue weighted by molar-refractivity contribution is 9.10. The number of hydrogen-bond donors (Lipinski definition) is 1. The molecule has 96 valence electrons. The first-order chi connectivity index (χ1) is 8.19. The van der Waals surface area contributed by atoms with Crippen molar-refractivity contribution in [2.24, 2.45) is 0 Å². The summed E-state index contributed by atoms with van der Waals surface area (Å²) in [4.78, 5) is 2.21. The van der Waals surface area contributed by atoms with E-state index in [1.165, 1.54) is 11.3 Å². The molecule has 0 aliphatic heterocycles. The molecular weight excluding hydrogens is 280 g/mol. The van der Waals surface area contributed by atoms with Crippen molar-refractivity contribution in [1.29, 1.82) is 0 Å². The molecule has 0 aromatic heterocycles. The molecule has 0 amide bonds. The van der Waals surface area contributed by atoms with Gasteiger partial charge in [-0.05, 0) is 40.5 Å². The van der Waals surface area contributed by atoms with Gasteiger partial charge < -0.3 is 15.0 Å². The average Bonchev–Trinajstić information content (AvgIpc) is 2.34. The lowest BCUT2D eigenvalue weighted by Gasteiger charge is -2.19. The van der Waals surface area contributed by atoms with Gasteiger partial charge in [-0.1, -0.05) is 6.07 Å². The van der Waals surface area contributed by atoms with E-state index in [4.69, 9.17) is 4.74 Å². The zero-order valence-electron chi connectivity index (χ0n) is 10.8. The van der Waals surface area contributed by atoms with Crippen molar-refractivity contribution >= 4 is 21.6 Å². The minimum absolute atomic E-state index is 0.748. The smallest absolute Gasteiger partial charge is 0.0587 e. The summed E-state index contributed by atoms with van der Waals surface area (Å²) in [6, 6.07) is 6.48. The maximum Gasteiger partial charge on any atom is 0.0587 e. The molecule has 0 atom stereocenters. The third kappa shape index (κ3) is 4.66. The second-order valence-electron chi connectivity index (χ2n) is 3.97. The summed E-state index contributed by atoms with van der Waals surface area (Å²) in [6.45, 7) is 5.65. The van der Waals surface area contributed by atoms with Crippen molar-refractivity contribution < 1.29 is 4.74 Å². The van der Waals surface area contributed by atoms with Gasteiger partial charge in [0, 0.05) is 38.3 Å². The Hall–Kier alpha value is -0.580. The molecule has 0 heterocycles. The molecule has 0 radical (unpaired) electrons. The number of nitrogens with zero attached hydrogens (tertiary/aromatic N) is 1. The predicted octanol–water partition coefficient (Wildman–Crippen LogP) is 2.64. The topological polar surface area (TPSA) is 24.5 Å². The average molecular weight is 301 g/mol. The molecule has 1 aromatic rings. The molecule has 0 saturated carbocycles. The van der Waals surface area contributed by atoms with Gasteiger partial charge in [-0.3, -0.25) is 0 Å². The third-order valence-electron chi connectivity index (χ3n) is 2.71. The molecule has 0 aliphatic rings. The lowest BCUT2D eigenvalue weighted by atomic mass is 10.2. The molecule has 0 fully saturated rings. The Morgan fingerprint density at radius 1 is 1.41 bits per heavy atom. The number of halogens is 1. The Morgan fingerprint density at radius 2 is 2.18 bits per heavy atom. The summed E-state index contributed by atoms with van der Waals surface area (Å²) in [7, 11) is 3.81. The first-order valence-electron chi connectivity index (χ1n) is 5.88. The second kappa shape index (κ2) is 7.69. The van der Waals surface area contributed by atoms with Crippen molar-refractivity contribution in [2.75, 3.05) is 38.8 Å². The second-order valence-corrected chi connectivity index (χ2v) is 4.82.